The lowest BCUT2D eigenvalue weighted by Gasteiger charge is -2.14. The number of amides is 2. The van der Waals surface area contributed by atoms with Crippen molar-refractivity contribution >= 4 is 28.5 Å². The molecule has 0 unspecified atom stereocenters. The fourth-order valence-electron chi connectivity index (χ4n) is 3.22. The third-order valence-corrected chi connectivity index (χ3v) is 4.69. The summed E-state index contributed by atoms with van der Waals surface area (Å²) in [6.07, 6.45) is -0.280. The van der Waals surface area contributed by atoms with Gasteiger partial charge < -0.3 is 35.4 Å². The number of benzene rings is 2. The van der Waals surface area contributed by atoms with Gasteiger partial charge in [-0.2, -0.15) is 0 Å². The van der Waals surface area contributed by atoms with E-state index in [1.54, 1.807) is 24.3 Å². The summed E-state index contributed by atoms with van der Waals surface area (Å²) in [4.78, 5) is 36.0. The highest BCUT2D eigenvalue weighted by Crippen LogP contribution is 2.42. The third kappa shape index (κ3) is 4.49. The molecule has 10 nitrogen and oxygen atoms in total. The number of primary amides is 1. The van der Waals surface area contributed by atoms with Crippen LogP contribution in [0.3, 0.4) is 0 Å². The van der Waals surface area contributed by atoms with E-state index in [1.165, 1.54) is 33.5 Å². The van der Waals surface area contributed by atoms with Crippen molar-refractivity contribution in [3.63, 3.8) is 0 Å². The van der Waals surface area contributed by atoms with Crippen LogP contribution in [0.4, 0.5) is 5.69 Å². The van der Waals surface area contributed by atoms with Crippen LogP contribution in [0.1, 0.15) is 6.42 Å². The molecule has 0 aliphatic rings. The van der Waals surface area contributed by atoms with Crippen LogP contribution in [-0.4, -0.2) is 39.2 Å². The van der Waals surface area contributed by atoms with Gasteiger partial charge in [-0.1, -0.05) is 12.1 Å². The first-order valence-corrected chi connectivity index (χ1v) is 9.51. The number of nitrogens with two attached hydrogens (primary N) is 2. The molecule has 2 amide bonds. The summed E-state index contributed by atoms with van der Waals surface area (Å²) in [5.74, 6) is -0.175. The number of nitrogens with one attached hydrogen (secondary N) is 1. The van der Waals surface area contributed by atoms with Crippen molar-refractivity contribution in [3.05, 3.63) is 46.6 Å². The van der Waals surface area contributed by atoms with Gasteiger partial charge in [0.05, 0.1) is 33.8 Å². The molecule has 1 atom stereocenters. The number of fused-ring (bicyclic) bond motifs is 1. The average Bonchev–Trinajstić information content (AvgIpc) is 2.77. The normalized spacial score (nSPS) is 11.6. The van der Waals surface area contributed by atoms with Crippen LogP contribution in [0.25, 0.3) is 22.3 Å². The van der Waals surface area contributed by atoms with E-state index in [0.29, 0.717) is 17.0 Å². The fraction of sp³-hybridized carbons (Fsp3) is 0.227. The molecule has 0 aliphatic heterocycles. The molecule has 10 heteroatoms. The van der Waals surface area contributed by atoms with Crippen LogP contribution < -0.4 is 36.4 Å². The molecule has 5 N–H and O–H groups in total. The standard InChI is InChI=1S/C22H23N3O7/c1-29-17-10-16-19(21(31-3)20(17)30-2)14(26)9-15(32-16)11-5-4-6-12(7-11)25-22(28)13(23)8-18(24)27/h4-7,9-10,13H,8,23H2,1-3H3,(H2,24,27)(H,25,28)/t13-/m0/s1. The minimum absolute atomic E-state index is 0.201. The Morgan fingerprint density at radius 2 is 1.78 bits per heavy atom. The van der Waals surface area contributed by atoms with Gasteiger partial charge in [-0.25, -0.2) is 0 Å². The summed E-state index contributed by atoms with van der Waals surface area (Å²) >= 11 is 0. The first-order valence-electron chi connectivity index (χ1n) is 9.51. The van der Waals surface area contributed by atoms with E-state index < -0.39 is 17.9 Å². The van der Waals surface area contributed by atoms with Crippen molar-refractivity contribution in [2.24, 2.45) is 11.5 Å². The molecule has 1 heterocycles. The maximum absolute atomic E-state index is 12.9. The molecule has 32 heavy (non-hydrogen) atoms. The molecule has 0 bridgehead atoms. The van der Waals surface area contributed by atoms with Crippen LogP contribution in [0, 0.1) is 0 Å². The van der Waals surface area contributed by atoms with E-state index in [9.17, 15) is 14.4 Å². The summed E-state index contributed by atoms with van der Waals surface area (Å²) in [5, 5.41) is 2.82. The molecule has 2 aromatic carbocycles. The van der Waals surface area contributed by atoms with Crippen molar-refractivity contribution in [3.8, 4) is 28.6 Å². The number of rotatable bonds is 8. The number of anilines is 1. The van der Waals surface area contributed by atoms with E-state index in [0.717, 1.165) is 0 Å². The predicted molar refractivity (Wildman–Crippen MR) is 118 cm³/mol. The molecule has 0 saturated heterocycles. The molecular formula is C22H23N3O7. The summed E-state index contributed by atoms with van der Waals surface area (Å²) < 4.78 is 22.0. The van der Waals surface area contributed by atoms with Gasteiger partial charge in [0.25, 0.3) is 0 Å². The molecule has 0 fully saturated rings. The van der Waals surface area contributed by atoms with Crippen molar-refractivity contribution in [2.75, 3.05) is 26.6 Å². The Labute approximate surface area is 183 Å². The Hall–Kier alpha value is -4.05. The van der Waals surface area contributed by atoms with Gasteiger partial charge in [-0.05, 0) is 12.1 Å². The smallest absolute Gasteiger partial charge is 0.241 e. The number of hydrogen-bond donors (Lipinski definition) is 3. The molecule has 0 spiro atoms. The third-order valence-electron chi connectivity index (χ3n) is 4.69. The highest BCUT2D eigenvalue weighted by atomic mass is 16.5. The lowest BCUT2D eigenvalue weighted by molar-refractivity contribution is -0.123. The Balaban J connectivity index is 2.03. The maximum atomic E-state index is 12.9. The molecule has 0 aliphatic carbocycles. The van der Waals surface area contributed by atoms with Gasteiger partial charge in [-0.3, -0.25) is 14.4 Å². The Bertz CT molecular complexity index is 1240. The topological polar surface area (TPSA) is 156 Å². The van der Waals surface area contributed by atoms with E-state index in [-0.39, 0.29) is 40.1 Å². The number of carbonyl (C=O) groups excluding carboxylic acids is 2. The van der Waals surface area contributed by atoms with Gasteiger partial charge in [0.2, 0.25) is 17.6 Å². The number of hydrogen-bond acceptors (Lipinski definition) is 8. The summed E-state index contributed by atoms with van der Waals surface area (Å²) in [6, 6.07) is 8.40. The van der Waals surface area contributed by atoms with Crippen LogP contribution in [-0.2, 0) is 9.59 Å². The van der Waals surface area contributed by atoms with Crippen molar-refractivity contribution < 1.29 is 28.2 Å². The highest BCUT2D eigenvalue weighted by Gasteiger charge is 2.21. The fourth-order valence-corrected chi connectivity index (χ4v) is 3.22. The summed E-state index contributed by atoms with van der Waals surface area (Å²) in [7, 11) is 4.32. The predicted octanol–water partition coefficient (Wildman–Crippen LogP) is 1.63. The van der Waals surface area contributed by atoms with Crippen molar-refractivity contribution in [1.29, 1.82) is 0 Å². The van der Waals surface area contributed by atoms with Crippen molar-refractivity contribution in [2.45, 2.75) is 12.5 Å². The van der Waals surface area contributed by atoms with Crippen LogP contribution in [0.5, 0.6) is 17.2 Å². The van der Waals surface area contributed by atoms with Crippen molar-refractivity contribution in [1.82, 2.24) is 0 Å². The number of ether oxygens (including phenoxy) is 3. The van der Waals surface area contributed by atoms with E-state index in [4.69, 9.17) is 30.1 Å². The van der Waals surface area contributed by atoms with Crippen LogP contribution in [0.15, 0.2) is 45.6 Å². The molecule has 3 aromatic rings. The second kappa shape index (κ2) is 9.40. The minimum atomic E-state index is -1.08. The van der Waals surface area contributed by atoms with Crippen LogP contribution >= 0.6 is 0 Å². The van der Waals surface area contributed by atoms with E-state index >= 15 is 0 Å². The highest BCUT2D eigenvalue weighted by molar-refractivity contribution is 5.97. The maximum Gasteiger partial charge on any atom is 0.241 e. The molecule has 168 valence electrons. The van der Waals surface area contributed by atoms with Gasteiger partial charge in [0.1, 0.15) is 16.7 Å². The minimum Gasteiger partial charge on any atom is -0.493 e. The number of methoxy groups -OCH3 is 3. The number of carbonyl (C=O) groups is 2. The SMILES string of the molecule is COc1cc2oc(-c3cccc(NC(=O)[C@@H](N)CC(N)=O)c3)cc(=O)c2c(OC)c1OC. The first-order chi connectivity index (χ1) is 15.3. The largest absolute Gasteiger partial charge is 0.493 e. The zero-order valence-electron chi connectivity index (χ0n) is 17.8. The van der Waals surface area contributed by atoms with Gasteiger partial charge in [0.15, 0.2) is 16.9 Å². The zero-order chi connectivity index (χ0) is 23.4. The van der Waals surface area contributed by atoms with Gasteiger partial charge >= 0.3 is 0 Å². The van der Waals surface area contributed by atoms with Crippen LogP contribution in [0.2, 0.25) is 0 Å². The molecular weight excluding hydrogens is 418 g/mol. The Kier molecular flexibility index (Phi) is 6.64. The van der Waals surface area contributed by atoms with E-state index in [1.807, 2.05) is 0 Å². The lowest BCUT2D eigenvalue weighted by atomic mass is 10.1. The Morgan fingerprint density at radius 3 is 2.41 bits per heavy atom. The van der Waals surface area contributed by atoms with Gasteiger partial charge in [0, 0.05) is 23.4 Å². The quantitative estimate of drug-likeness (QED) is 0.476. The first kappa shape index (κ1) is 22.6. The average molecular weight is 441 g/mol. The molecule has 3 rings (SSSR count). The zero-order valence-corrected chi connectivity index (χ0v) is 17.8. The molecule has 1 aromatic heterocycles. The second-order valence-electron chi connectivity index (χ2n) is 6.84. The molecule has 0 saturated carbocycles. The monoisotopic (exact) mass is 441 g/mol. The van der Waals surface area contributed by atoms with E-state index in [2.05, 4.69) is 5.32 Å². The second-order valence-corrected chi connectivity index (χ2v) is 6.84. The summed E-state index contributed by atoms with van der Waals surface area (Å²) in [6.45, 7) is 0. The lowest BCUT2D eigenvalue weighted by Crippen LogP contribution is -2.38. The molecule has 0 radical (unpaired) electrons. The van der Waals surface area contributed by atoms with Gasteiger partial charge in [-0.15, -0.1) is 0 Å². The summed E-state index contributed by atoms with van der Waals surface area (Å²) in [5.41, 5.74) is 11.6. The Morgan fingerprint density at radius 1 is 1.06 bits per heavy atom.